The Labute approximate surface area is 511 Å². The highest BCUT2D eigenvalue weighted by molar-refractivity contribution is 5.77. The van der Waals surface area contributed by atoms with Gasteiger partial charge in [0.25, 0.3) is 0 Å². The summed E-state index contributed by atoms with van der Waals surface area (Å²) in [5.74, 6) is -1.30. The highest BCUT2D eigenvalue weighted by atomic mass is 16.8. The lowest BCUT2D eigenvalue weighted by atomic mass is 9.40. The molecular weight excluding hydrogens is 1200 g/mol. The second-order valence-electron chi connectivity index (χ2n) is 26.9. The van der Waals surface area contributed by atoms with Gasteiger partial charge >= 0.3 is 5.97 Å². The van der Waals surface area contributed by atoms with Gasteiger partial charge in [-0.2, -0.15) is 0 Å². The second-order valence-corrected chi connectivity index (χ2v) is 26.9. The molecule has 36 atom stereocenters. The molecule has 4 aliphatic carbocycles. The van der Waals surface area contributed by atoms with Crippen molar-refractivity contribution in [2.24, 2.45) is 33.5 Å². The normalized spacial score (nSPS) is 54.4. The van der Waals surface area contributed by atoms with Gasteiger partial charge in [-0.25, -0.2) is 0 Å². The average molecular weight is 1290 g/mol. The van der Waals surface area contributed by atoms with E-state index in [1.54, 1.807) is 6.92 Å². The molecule has 0 amide bonds. The van der Waals surface area contributed by atoms with Crippen molar-refractivity contribution in [2.75, 3.05) is 39.6 Å². The van der Waals surface area contributed by atoms with Crippen LogP contribution >= 0.6 is 0 Å². The molecule has 6 saturated heterocycles. The van der Waals surface area contributed by atoms with Crippen LogP contribution in [0.3, 0.4) is 0 Å². The molecule has 1 spiro atoms. The molecule has 6 heterocycles. The van der Waals surface area contributed by atoms with Crippen LogP contribution in [0.5, 0.6) is 0 Å². The molecule has 3 saturated carbocycles. The number of aliphatic hydroxyl groups is 20. The fraction of sp³-hybridized carbons (Fsp3) is 0.947. The van der Waals surface area contributed by atoms with Crippen LogP contribution in [0, 0.1) is 33.5 Å². The Balaban J connectivity index is 0.922. The maximum Gasteiger partial charge on any atom is 0.314 e. The van der Waals surface area contributed by atoms with E-state index in [-0.39, 0.29) is 12.3 Å². The largest absolute Gasteiger partial charge is 0.432 e. The molecule has 0 aromatic rings. The Morgan fingerprint density at radius 1 is 0.427 bits per heavy atom. The first-order valence-corrected chi connectivity index (χ1v) is 30.8. The molecule has 0 aromatic heterocycles. The number of carbonyl (C=O) groups is 1. The summed E-state index contributed by atoms with van der Waals surface area (Å²) in [6, 6.07) is 0. The van der Waals surface area contributed by atoms with Crippen molar-refractivity contribution < 1.29 is 159 Å². The third-order valence-corrected chi connectivity index (χ3v) is 21.9. The minimum atomic E-state index is -2.07. The molecule has 0 radical (unpaired) electrons. The van der Waals surface area contributed by atoms with E-state index in [1.807, 2.05) is 6.92 Å². The Morgan fingerprint density at radius 2 is 0.798 bits per heavy atom. The number of esters is 1. The zero-order valence-corrected chi connectivity index (χ0v) is 49.5. The van der Waals surface area contributed by atoms with Crippen molar-refractivity contribution in [3.05, 3.63) is 11.6 Å². The van der Waals surface area contributed by atoms with Crippen molar-refractivity contribution in [1.82, 2.24) is 0 Å². The van der Waals surface area contributed by atoms with Gasteiger partial charge in [-0.1, -0.05) is 25.0 Å². The lowest BCUT2D eigenvalue weighted by Crippen LogP contribution is -2.67. The SMILES string of the molecule is CC1=CC23CCC4C(C)(C(=O)OC5OC(CO)C(O)C(OC6OC(CO)C(O)C(O)C6O)C5OC5OC(CO)C(O)C(O)C5O)CCCC4(C)C2CCC1(CC1OC(CO)C(O)C(OC2OC(CO)C(O)C(O)C2O)C1OC1OC(CO)C(O)C(O)C1O)C3. The summed E-state index contributed by atoms with van der Waals surface area (Å²) in [5.41, 5.74) is -2.19. The smallest absolute Gasteiger partial charge is 0.314 e. The third-order valence-electron chi connectivity index (χ3n) is 21.9. The topological polar surface area (TPSA) is 523 Å². The summed E-state index contributed by atoms with van der Waals surface area (Å²) in [5, 5.41) is 215. The summed E-state index contributed by atoms with van der Waals surface area (Å²) < 4.78 is 66.5. The van der Waals surface area contributed by atoms with Crippen LogP contribution in [0.2, 0.25) is 0 Å². The van der Waals surface area contributed by atoms with Crippen LogP contribution in [0.15, 0.2) is 11.6 Å². The fourth-order valence-electron chi connectivity index (χ4n) is 17.0. The number of allylic oxidation sites excluding steroid dienone is 2. The number of hydrogen-bond acceptors (Lipinski definition) is 32. The molecule has 2 bridgehead atoms. The first-order chi connectivity index (χ1) is 42.1. The number of carbonyl (C=O) groups excluding carboxylic acids is 1. The summed E-state index contributed by atoms with van der Waals surface area (Å²) in [7, 11) is 0. The van der Waals surface area contributed by atoms with Crippen molar-refractivity contribution in [3.63, 3.8) is 0 Å². The van der Waals surface area contributed by atoms with Crippen molar-refractivity contribution in [2.45, 2.75) is 263 Å². The molecule has 32 heteroatoms. The van der Waals surface area contributed by atoms with Crippen molar-refractivity contribution >= 4 is 5.97 Å². The summed E-state index contributed by atoms with van der Waals surface area (Å²) in [6.07, 6.45) is -47.3. The van der Waals surface area contributed by atoms with Gasteiger partial charge in [-0.3, -0.25) is 4.79 Å². The lowest BCUT2D eigenvalue weighted by Gasteiger charge is -2.64. The molecule has 89 heavy (non-hydrogen) atoms. The maximum absolute atomic E-state index is 15.4. The monoisotopic (exact) mass is 1290 g/mol. The van der Waals surface area contributed by atoms with Gasteiger partial charge in [0.15, 0.2) is 31.3 Å². The molecule has 36 unspecified atom stereocenters. The molecule has 512 valence electrons. The highest BCUT2D eigenvalue weighted by Crippen LogP contribution is 2.74. The minimum Gasteiger partial charge on any atom is -0.432 e. The van der Waals surface area contributed by atoms with Gasteiger partial charge in [0, 0.05) is 0 Å². The predicted molar refractivity (Wildman–Crippen MR) is 288 cm³/mol. The summed E-state index contributed by atoms with van der Waals surface area (Å²) in [6.45, 7) is 0.732. The van der Waals surface area contributed by atoms with E-state index in [9.17, 15) is 102 Å². The molecule has 9 fully saturated rings. The van der Waals surface area contributed by atoms with Crippen LogP contribution in [0.25, 0.3) is 0 Å². The second kappa shape index (κ2) is 27.3. The first-order valence-electron chi connectivity index (χ1n) is 30.8. The van der Waals surface area contributed by atoms with Crippen LogP contribution in [0.4, 0.5) is 0 Å². The minimum absolute atomic E-state index is 0.0895. The first kappa shape index (κ1) is 69.8. The van der Waals surface area contributed by atoms with Crippen LogP contribution < -0.4 is 0 Å². The Morgan fingerprint density at radius 3 is 1.24 bits per heavy atom. The van der Waals surface area contributed by atoms with Crippen molar-refractivity contribution in [3.8, 4) is 0 Å². The van der Waals surface area contributed by atoms with E-state index in [0.717, 1.165) is 5.57 Å². The van der Waals surface area contributed by atoms with Gasteiger partial charge in [-0.15, -0.1) is 0 Å². The molecule has 10 rings (SSSR count). The number of ether oxygens (including phenoxy) is 11. The standard InChI is InChI=1S/C57H92O32/c1-20-11-57-10-5-28-54(2,7-4-8-55(28,3)53(78)89-52-47(88-51-43(77)39(73)33(67)25(16-61)83-51)46(35(69)27(18-63)84-52)87-50-42(76)38(72)32(66)24(15-60)82-50)29(57)6-9-56(20,19-57)12-21-44(85-48-40(74)36(70)30(64)22(13-58)80-48)45(34(68)26(17-62)79-21)86-49-41(75)37(71)31(65)23(14-59)81-49/h11,21-52,58-77H,4-10,12-19H2,1-3H3. The van der Waals surface area contributed by atoms with Gasteiger partial charge in [-0.05, 0) is 93.3 Å². The van der Waals surface area contributed by atoms with E-state index in [1.165, 1.54) is 0 Å². The van der Waals surface area contributed by atoms with Crippen molar-refractivity contribution in [1.29, 1.82) is 0 Å². The predicted octanol–water partition coefficient (Wildman–Crippen LogP) is -8.80. The fourth-order valence-corrected chi connectivity index (χ4v) is 17.0. The Hall–Kier alpha value is -1.99. The molecule has 0 aromatic carbocycles. The molecular formula is C57H92O32. The lowest BCUT2D eigenvalue weighted by molar-refractivity contribution is -0.388. The van der Waals surface area contributed by atoms with Crippen LogP contribution in [-0.4, -0.2) is 332 Å². The van der Waals surface area contributed by atoms with E-state index in [0.29, 0.717) is 51.4 Å². The van der Waals surface area contributed by atoms with Gasteiger partial charge in [0.05, 0.1) is 51.2 Å². The Kier molecular flexibility index (Phi) is 21.4. The van der Waals surface area contributed by atoms with E-state index in [2.05, 4.69) is 13.0 Å². The molecule has 6 aliphatic heterocycles. The molecule has 32 nitrogen and oxygen atoms in total. The van der Waals surface area contributed by atoms with Crippen LogP contribution in [0.1, 0.15) is 78.6 Å². The third kappa shape index (κ3) is 12.3. The molecule has 20 N–H and O–H groups in total. The summed E-state index contributed by atoms with van der Waals surface area (Å²) >= 11 is 0. The van der Waals surface area contributed by atoms with Gasteiger partial charge in [0.2, 0.25) is 6.29 Å². The Bertz CT molecular complexity index is 2410. The average Bonchev–Trinajstić information content (AvgIpc) is 1.62. The van der Waals surface area contributed by atoms with Gasteiger partial charge < -0.3 is 154 Å². The number of rotatable bonds is 18. The maximum atomic E-state index is 15.4. The number of fused-ring (bicyclic) bond motifs is 3. The zero-order valence-electron chi connectivity index (χ0n) is 49.5. The summed E-state index contributed by atoms with van der Waals surface area (Å²) in [4.78, 5) is 15.4. The van der Waals surface area contributed by atoms with Crippen LogP contribution in [-0.2, 0) is 56.9 Å². The number of aliphatic hydroxyl groups excluding tert-OH is 20. The van der Waals surface area contributed by atoms with E-state index in [4.69, 9.17) is 52.1 Å². The highest BCUT2D eigenvalue weighted by Gasteiger charge is 2.68. The van der Waals surface area contributed by atoms with E-state index >= 15 is 4.79 Å². The van der Waals surface area contributed by atoms with Gasteiger partial charge in [0.1, 0.15) is 140 Å². The molecule has 10 aliphatic rings. The zero-order chi connectivity index (χ0) is 64.7. The number of hydrogen-bond donors (Lipinski definition) is 20. The van der Waals surface area contributed by atoms with E-state index < -0.39 is 257 Å². The quantitative estimate of drug-likeness (QED) is 0.0448.